The average molecular weight is 356 g/mol. The highest BCUT2D eigenvalue weighted by atomic mass is 32.1. The predicted molar refractivity (Wildman–Crippen MR) is 91.2 cm³/mol. The van der Waals surface area contributed by atoms with Crippen LogP contribution in [0, 0.1) is 12.7 Å². The minimum atomic E-state index is -1.28. The molecule has 6 heteroatoms. The molecule has 0 N–H and O–H groups in total. The summed E-state index contributed by atoms with van der Waals surface area (Å²) in [4.78, 5) is 14.9. The largest absolute Gasteiger partial charge is 0.543 e. The van der Waals surface area contributed by atoms with Crippen molar-refractivity contribution in [2.75, 3.05) is 0 Å². The van der Waals surface area contributed by atoms with E-state index >= 15 is 0 Å². The number of carbonyl (C=O) groups is 1. The van der Waals surface area contributed by atoms with Crippen LogP contribution in [0.1, 0.15) is 32.2 Å². The molecule has 4 nitrogen and oxygen atoms in total. The van der Waals surface area contributed by atoms with Gasteiger partial charge in [-0.3, -0.25) is 0 Å². The molecule has 0 aliphatic rings. The van der Waals surface area contributed by atoms with Crippen LogP contribution in [0.5, 0.6) is 5.75 Å². The van der Waals surface area contributed by atoms with Crippen molar-refractivity contribution in [2.24, 2.45) is 0 Å². The van der Waals surface area contributed by atoms with Gasteiger partial charge in [-0.1, -0.05) is 29.8 Å². The molecule has 3 aromatic rings. The molecule has 3 rings (SSSR count). The van der Waals surface area contributed by atoms with Crippen molar-refractivity contribution in [1.82, 2.24) is 4.98 Å². The van der Waals surface area contributed by atoms with Crippen LogP contribution >= 0.6 is 11.3 Å². The fraction of sp³-hybridized carbons (Fsp3) is 0.158. The third kappa shape index (κ3) is 4.42. The molecule has 1 aromatic heterocycles. The minimum absolute atomic E-state index is 0.0542. The third-order valence-corrected chi connectivity index (χ3v) is 4.47. The average Bonchev–Trinajstić information content (AvgIpc) is 3.04. The summed E-state index contributed by atoms with van der Waals surface area (Å²) in [5.41, 5.74) is 2.80. The number of thiazole rings is 1. The van der Waals surface area contributed by atoms with Crippen LogP contribution in [-0.2, 0) is 13.0 Å². The van der Waals surface area contributed by atoms with Gasteiger partial charge in [0.15, 0.2) is 0 Å². The van der Waals surface area contributed by atoms with Gasteiger partial charge in [0.25, 0.3) is 0 Å². The molecule has 25 heavy (non-hydrogen) atoms. The van der Waals surface area contributed by atoms with Crippen LogP contribution in [0.15, 0.2) is 47.8 Å². The number of rotatable bonds is 6. The lowest BCUT2D eigenvalue weighted by Gasteiger charge is -2.12. The fourth-order valence-electron chi connectivity index (χ4n) is 2.38. The summed E-state index contributed by atoms with van der Waals surface area (Å²) in [6.45, 7) is 2.29. The minimum Gasteiger partial charge on any atom is -0.543 e. The Labute approximate surface area is 148 Å². The molecule has 0 unspecified atom stereocenters. The van der Waals surface area contributed by atoms with Crippen LogP contribution in [0.25, 0.3) is 0 Å². The maximum absolute atomic E-state index is 13.0. The van der Waals surface area contributed by atoms with E-state index in [0.717, 1.165) is 16.7 Å². The molecule has 0 fully saturated rings. The normalized spacial score (nSPS) is 10.6. The molecule has 0 amide bonds. The number of carbonyl (C=O) groups excluding carboxylic acids is 1. The quantitative estimate of drug-likeness (QED) is 0.681. The van der Waals surface area contributed by atoms with E-state index in [4.69, 9.17) is 4.74 Å². The van der Waals surface area contributed by atoms with Crippen molar-refractivity contribution in [3.63, 3.8) is 0 Å². The molecule has 0 aliphatic carbocycles. The molecule has 0 atom stereocenters. The van der Waals surface area contributed by atoms with Gasteiger partial charge in [-0.2, -0.15) is 0 Å². The summed E-state index contributed by atoms with van der Waals surface area (Å²) in [5.74, 6) is -0.869. The van der Waals surface area contributed by atoms with Crippen molar-refractivity contribution in [3.8, 4) is 5.75 Å². The zero-order valence-electron chi connectivity index (χ0n) is 13.5. The Balaban J connectivity index is 1.77. The second-order valence-corrected chi connectivity index (χ2v) is 6.56. The van der Waals surface area contributed by atoms with E-state index in [0.29, 0.717) is 23.8 Å². The molecule has 2 aromatic carbocycles. The van der Waals surface area contributed by atoms with Crippen LogP contribution in [-0.4, -0.2) is 11.0 Å². The van der Waals surface area contributed by atoms with Crippen molar-refractivity contribution < 1.29 is 19.0 Å². The van der Waals surface area contributed by atoms with Crippen LogP contribution in [0.4, 0.5) is 4.39 Å². The predicted octanol–water partition coefficient (Wildman–Crippen LogP) is 3.12. The number of benzene rings is 2. The number of carboxylic acid groups (broad SMARTS) is 1. The van der Waals surface area contributed by atoms with Crippen LogP contribution in [0.3, 0.4) is 0 Å². The number of aromatic carboxylic acids is 1. The monoisotopic (exact) mass is 356 g/mol. The van der Waals surface area contributed by atoms with Gasteiger partial charge in [0, 0.05) is 17.4 Å². The Kier molecular flexibility index (Phi) is 5.09. The van der Waals surface area contributed by atoms with Gasteiger partial charge in [0.1, 0.15) is 18.2 Å². The van der Waals surface area contributed by atoms with Gasteiger partial charge in [-0.05, 0) is 30.7 Å². The van der Waals surface area contributed by atoms with Crippen molar-refractivity contribution in [1.29, 1.82) is 0 Å². The van der Waals surface area contributed by atoms with Crippen molar-refractivity contribution >= 4 is 17.3 Å². The summed E-state index contributed by atoms with van der Waals surface area (Å²) in [6.07, 6.45) is 0.471. The van der Waals surface area contributed by atoms with Crippen LogP contribution < -0.4 is 9.84 Å². The molecule has 128 valence electrons. The molecule has 0 saturated heterocycles. The Hall–Kier alpha value is -2.73. The highest BCUT2D eigenvalue weighted by molar-refractivity contribution is 7.09. The van der Waals surface area contributed by atoms with E-state index in [9.17, 15) is 14.3 Å². The van der Waals surface area contributed by atoms with Gasteiger partial charge in [0.2, 0.25) is 0 Å². The van der Waals surface area contributed by atoms with Gasteiger partial charge >= 0.3 is 0 Å². The number of aromatic nitrogens is 1. The Morgan fingerprint density at radius 3 is 2.68 bits per heavy atom. The number of carboxylic acids is 1. The van der Waals surface area contributed by atoms with E-state index in [-0.39, 0.29) is 11.5 Å². The first-order valence-electron chi connectivity index (χ1n) is 7.64. The fourth-order valence-corrected chi connectivity index (χ4v) is 3.16. The lowest BCUT2D eigenvalue weighted by molar-refractivity contribution is -0.255. The molecular formula is C19H15FNO3S-. The van der Waals surface area contributed by atoms with E-state index in [2.05, 4.69) is 4.98 Å². The first-order chi connectivity index (χ1) is 12.0. The number of hydrogen-bond acceptors (Lipinski definition) is 5. The standard InChI is InChI=1S/C19H16FNO3S/c1-12-2-7-17(24-10-13-3-5-15(20)6-4-13)14(8-12)9-18-21-16(11-25-18)19(22)23/h2-8,11H,9-10H2,1H3,(H,22,23)/p-1. The Morgan fingerprint density at radius 1 is 1.24 bits per heavy atom. The summed E-state index contributed by atoms with van der Waals surface area (Å²) in [6, 6.07) is 11.9. The summed E-state index contributed by atoms with van der Waals surface area (Å²) >= 11 is 1.27. The van der Waals surface area contributed by atoms with E-state index in [1.165, 1.54) is 28.8 Å². The molecule has 1 heterocycles. The Bertz CT molecular complexity index is 890. The van der Waals surface area contributed by atoms with Crippen molar-refractivity contribution in [2.45, 2.75) is 20.0 Å². The number of aryl methyl sites for hydroxylation is 1. The molecule has 0 aliphatic heterocycles. The smallest absolute Gasteiger partial charge is 0.123 e. The van der Waals surface area contributed by atoms with E-state index < -0.39 is 5.97 Å². The second-order valence-electron chi connectivity index (χ2n) is 5.62. The van der Waals surface area contributed by atoms with Gasteiger partial charge < -0.3 is 14.6 Å². The lowest BCUT2D eigenvalue weighted by Crippen LogP contribution is -2.22. The summed E-state index contributed by atoms with van der Waals surface area (Å²) < 4.78 is 18.8. The maximum Gasteiger partial charge on any atom is 0.123 e. The summed E-state index contributed by atoms with van der Waals surface area (Å²) in [5, 5.41) is 13.0. The maximum atomic E-state index is 13.0. The zero-order valence-corrected chi connectivity index (χ0v) is 14.3. The second kappa shape index (κ2) is 7.44. The van der Waals surface area contributed by atoms with E-state index in [1.54, 1.807) is 12.1 Å². The zero-order chi connectivity index (χ0) is 17.8. The van der Waals surface area contributed by atoms with Gasteiger partial charge in [0.05, 0.1) is 16.7 Å². The third-order valence-electron chi connectivity index (χ3n) is 3.63. The van der Waals surface area contributed by atoms with Gasteiger partial charge in [-0.15, -0.1) is 11.3 Å². The SMILES string of the molecule is Cc1ccc(OCc2ccc(F)cc2)c(Cc2nc(C(=O)[O-])cs2)c1. The van der Waals surface area contributed by atoms with Crippen molar-refractivity contribution in [3.05, 3.63) is 81.1 Å². The first kappa shape index (κ1) is 17.1. The first-order valence-corrected chi connectivity index (χ1v) is 8.52. The number of hydrogen-bond donors (Lipinski definition) is 0. The molecule has 0 saturated carbocycles. The van der Waals surface area contributed by atoms with Crippen LogP contribution in [0.2, 0.25) is 0 Å². The molecular weight excluding hydrogens is 341 g/mol. The topological polar surface area (TPSA) is 62.2 Å². The number of nitrogens with zero attached hydrogens (tertiary/aromatic N) is 1. The summed E-state index contributed by atoms with van der Waals surface area (Å²) in [7, 11) is 0. The molecule has 0 spiro atoms. The number of ether oxygens (including phenoxy) is 1. The molecule has 0 radical (unpaired) electrons. The highest BCUT2D eigenvalue weighted by Crippen LogP contribution is 2.25. The lowest BCUT2D eigenvalue weighted by atomic mass is 10.1. The molecule has 0 bridgehead atoms. The van der Waals surface area contributed by atoms with Gasteiger partial charge in [-0.25, -0.2) is 9.37 Å². The highest BCUT2D eigenvalue weighted by Gasteiger charge is 2.10. The van der Waals surface area contributed by atoms with E-state index in [1.807, 2.05) is 25.1 Å². The Morgan fingerprint density at radius 2 is 2.00 bits per heavy atom. The number of halogens is 1.